The molecule has 0 saturated carbocycles. The first-order valence-corrected chi connectivity index (χ1v) is 5.34. The minimum Gasteiger partial charge on any atom is -0.494 e. The fourth-order valence-corrected chi connectivity index (χ4v) is 1.39. The average Bonchev–Trinajstić information content (AvgIpc) is 2.24. The van der Waals surface area contributed by atoms with Crippen LogP contribution in [0.4, 0.5) is 0 Å². The molecule has 4 nitrogen and oxygen atoms in total. The number of hydrogen-bond acceptors (Lipinski definition) is 4. The van der Waals surface area contributed by atoms with Gasteiger partial charge in [0, 0.05) is 12.0 Å². The molecule has 5 heteroatoms. The molecule has 0 aliphatic carbocycles. The summed E-state index contributed by atoms with van der Waals surface area (Å²) in [6.45, 7) is 1.52. The molecule has 1 rings (SSSR count). The first-order valence-electron chi connectivity index (χ1n) is 5.34. The molecule has 0 aromatic heterocycles. The topological polar surface area (TPSA) is 52.9 Å². The van der Waals surface area contributed by atoms with E-state index in [2.05, 4.69) is 4.90 Å². The molecular formula is C11H18BNO3. The minimum atomic E-state index is -1.48. The molecule has 1 aromatic carbocycles. The molecule has 0 spiro atoms. The first kappa shape index (κ1) is 13.0. The van der Waals surface area contributed by atoms with Gasteiger partial charge in [-0.15, -0.1) is 0 Å². The van der Waals surface area contributed by atoms with Crippen molar-refractivity contribution in [3.8, 4) is 5.75 Å². The molecule has 0 heterocycles. The molecule has 88 valence electrons. The highest BCUT2D eigenvalue weighted by atomic mass is 16.5. The van der Waals surface area contributed by atoms with Gasteiger partial charge in [-0.05, 0) is 26.6 Å². The zero-order valence-corrected chi connectivity index (χ0v) is 9.76. The van der Waals surface area contributed by atoms with Crippen LogP contribution in [-0.4, -0.2) is 49.3 Å². The Balaban J connectivity index is 2.47. The maximum atomic E-state index is 9.12. The van der Waals surface area contributed by atoms with Gasteiger partial charge in [0.15, 0.2) is 0 Å². The predicted octanol–water partition coefficient (Wildman–Crippen LogP) is -0.303. The van der Waals surface area contributed by atoms with Crippen molar-refractivity contribution in [1.29, 1.82) is 0 Å². The Morgan fingerprint density at radius 1 is 1.25 bits per heavy atom. The van der Waals surface area contributed by atoms with Gasteiger partial charge in [0.1, 0.15) is 5.75 Å². The van der Waals surface area contributed by atoms with Crippen LogP contribution in [0.2, 0.25) is 0 Å². The summed E-state index contributed by atoms with van der Waals surface area (Å²) in [6.07, 6.45) is 0.906. The lowest BCUT2D eigenvalue weighted by atomic mass is 9.79. The molecule has 0 bridgehead atoms. The zero-order valence-electron chi connectivity index (χ0n) is 9.76. The summed E-state index contributed by atoms with van der Waals surface area (Å²) in [7, 11) is 2.53. The molecule has 0 fully saturated rings. The molecule has 0 aliphatic heterocycles. The summed E-state index contributed by atoms with van der Waals surface area (Å²) in [5, 5.41) is 18.2. The van der Waals surface area contributed by atoms with Gasteiger partial charge < -0.3 is 19.7 Å². The lowest BCUT2D eigenvalue weighted by molar-refractivity contribution is 0.282. The summed E-state index contributed by atoms with van der Waals surface area (Å²) in [5.74, 6) is 0.538. The smallest absolute Gasteiger partial charge is 0.492 e. The van der Waals surface area contributed by atoms with E-state index >= 15 is 0 Å². The van der Waals surface area contributed by atoms with Gasteiger partial charge in [-0.2, -0.15) is 0 Å². The van der Waals surface area contributed by atoms with E-state index in [-0.39, 0.29) is 0 Å². The van der Waals surface area contributed by atoms with Gasteiger partial charge in [-0.1, -0.05) is 18.2 Å². The summed E-state index contributed by atoms with van der Waals surface area (Å²) < 4.78 is 5.50. The van der Waals surface area contributed by atoms with Gasteiger partial charge in [0.25, 0.3) is 0 Å². The third-order valence-corrected chi connectivity index (χ3v) is 2.20. The normalized spacial score (nSPS) is 10.6. The minimum absolute atomic E-state index is 0.410. The van der Waals surface area contributed by atoms with E-state index in [4.69, 9.17) is 14.8 Å². The molecule has 0 unspecified atom stereocenters. The van der Waals surface area contributed by atoms with Gasteiger partial charge >= 0.3 is 7.12 Å². The monoisotopic (exact) mass is 223 g/mol. The van der Waals surface area contributed by atoms with E-state index in [0.29, 0.717) is 17.8 Å². The second kappa shape index (κ2) is 6.53. The molecule has 0 atom stereocenters. The van der Waals surface area contributed by atoms with Crippen LogP contribution >= 0.6 is 0 Å². The predicted molar refractivity (Wildman–Crippen MR) is 64.9 cm³/mol. The largest absolute Gasteiger partial charge is 0.494 e. The van der Waals surface area contributed by atoms with E-state index in [1.54, 1.807) is 18.2 Å². The number of para-hydroxylation sites is 1. The highest BCUT2D eigenvalue weighted by molar-refractivity contribution is 6.59. The summed E-state index contributed by atoms with van der Waals surface area (Å²) >= 11 is 0. The maximum absolute atomic E-state index is 9.12. The fourth-order valence-electron chi connectivity index (χ4n) is 1.39. The Morgan fingerprint density at radius 2 is 1.94 bits per heavy atom. The quantitative estimate of drug-likeness (QED) is 0.513. The van der Waals surface area contributed by atoms with Crippen LogP contribution in [0.25, 0.3) is 0 Å². The molecule has 0 radical (unpaired) electrons. The Labute approximate surface area is 96.6 Å². The molecule has 0 aliphatic rings. The Morgan fingerprint density at radius 3 is 2.56 bits per heavy atom. The van der Waals surface area contributed by atoms with Gasteiger partial charge in [-0.3, -0.25) is 0 Å². The Hall–Kier alpha value is -1.04. The molecule has 2 N–H and O–H groups in total. The molecule has 0 amide bonds. The third-order valence-electron chi connectivity index (χ3n) is 2.20. The highest BCUT2D eigenvalue weighted by Crippen LogP contribution is 2.07. The number of benzene rings is 1. The van der Waals surface area contributed by atoms with Gasteiger partial charge in [-0.25, -0.2) is 0 Å². The van der Waals surface area contributed by atoms with E-state index in [0.717, 1.165) is 13.0 Å². The number of nitrogens with zero attached hydrogens (tertiary/aromatic N) is 1. The summed E-state index contributed by atoms with van der Waals surface area (Å²) in [4.78, 5) is 2.08. The maximum Gasteiger partial charge on any atom is 0.492 e. The lowest BCUT2D eigenvalue weighted by Crippen LogP contribution is -2.31. The van der Waals surface area contributed by atoms with Crippen LogP contribution in [0.15, 0.2) is 24.3 Å². The van der Waals surface area contributed by atoms with E-state index in [1.165, 1.54) is 0 Å². The number of ether oxygens (including phenoxy) is 1. The van der Waals surface area contributed by atoms with Crippen LogP contribution in [0.3, 0.4) is 0 Å². The highest BCUT2D eigenvalue weighted by Gasteiger charge is 2.15. The number of rotatable bonds is 6. The van der Waals surface area contributed by atoms with Crippen molar-refractivity contribution in [2.75, 3.05) is 27.2 Å². The fraction of sp³-hybridized carbons (Fsp3) is 0.455. The van der Waals surface area contributed by atoms with Gasteiger partial charge in [0.2, 0.25) is 0 Å². The Bertz CT molecular complexity index is 318. The Kier molecular flexibility index (Phi) is 5.32. The van der Waals surface area contributed by atoms with Crippen molar-refractivity contribution < 1.29 is 14.8 Å². The first-order chi connectivity index (χ1) is 7.61. The van der Waals surface area contributed by atoms with Crippen LogP contribution in [0.5, 0.6) is 5.75 Å². The average molecular weight is 223 g/mol. The second-order valence-electron chi connectivity index (χ2n) is 3.92. The van der Waals surface area contributed by atoms with E-state index < -0.39 is 7.12 Å². The summed E-state index contributed by atoms with van der Waals surface area (Å²) in [5.41, 5.74) is 0.410. The van der Waals surface area contributed by atoms with Crippen LogP contribution < -0.4 is 10.2 Å². The van der Waals surface area contributed by atoms with Crippen LogP contribution in [-0.2, 0) is 0 Å². The number of hydrogen-bond donors (Lipinski definition) is 2. The van der Waals surface area contributed by atoms with Crippen molar-refractivity contribution in [1.82, 2.24) is 4.90 Å². The molecule has 0 saturated heterocycles. The van der Waals surface area contributed by atoms with Crippen molar-refractivity contribution in [3.05, 3.63) is 24.3 Å². The second-order valence-corrected chi connectivity index (χ2v) is 3.92. The van der Waals surface area contributed by atoms with E-state index in [9.17, 15) is 0 Å². The van der Waals surface area contributed by atoms with Crippen molar-refractivity contribution in [2.24, 2.45) is 0 Å². The van der Waals surface area contributed by atoms with Crippen molar-refractivity contribution in [3.63, 3.8) is 0 Å². The van der Waals surface area contributed by atoms with Crippen molar-refractivity contribution >= 4 is 12.6 Å². The van der Waals surface area contributed by atoms with Gasteiger partial charge in [0.05, 0.1) is 6.61 Å². The SMILES string of the molecule is CN(C)CCCOc1ccccc1B(O)O. The van der Waals surface area contributed by atoms with Crippen molar-refractivity contribution in [2.45, 2.75) is 6.42 Å². The van der Waals surface area contributed by atoms with Crippen LogP contribution in [0.1, 0.15) is 6.42 Å². The third kappa shape index (κ3) is 4.22. The molecule has 16 heavy (non-hydrogen) atoms. The van der Waals surface area contributed by atoms with E-state index in [1.807, 2.05) is 20.2 Å². The standard InChI is InChI=1S/C11H18BNO3/c1-13(2)8-5-9-16-11-7-4-3-6-10(11)12(14)15/h3-4,6-7,14-15H,5,8-9H2,1-2H3. The summed E-state index contributed by atoms with van der Waals surface area (Å²) in [6, 6.07) is 6.95. The zero-order chi connectivity index (χ0) is 12.0. The molecule has 1 aromatic rings. The molecular weight excluding hydrogens is 205 g/mol. The lowest BCUT2D eigenvalue weighted by Gasteiger charge is -2.12. The van der Waals surface area contributed by atoms with Crippen LogP contribution in [0, 0.1) is 0 Å².